The zero-order valence-electron chi connectivity index (χ0n) is 11.2. The highest BCUT2D eigenvalue weighted by atomic mass is 14.5. The van der Waals surface area contributed by atoms with Crippen molar-refractivity contribution in [1.29, 1.82) is 0 Å². The Morgan fingerprint density at radius 3 is 2.12 bits per heavy atom. The molecule has 1 atom stereocenters. The summed E-state index contributed by atoms with van der Waals surface area (Å²) in [4.78, 5) is 0. The Labute approximate surface area is 101 Å². The van der Waals surface area contributed by atoms with Gasteiger partial charge in [0, 0.05) is 0 Å². The van der Waals surface area contributed by atoms with Crippen molar-refractivity contribution in [3.8, 4) is 0 Å². The summed E-state index contributed by atoms with van der Waals surface area (Å²) in [6.45, 7) is 5.09. The largest absolute Gasteiger partial charge is 0.0596 e. The van der Waals surface area contributed by atoms with Crippen LogP contribution >= 0.6 is 0 Å². The highest BCUT2D eigenvalue weighted by molar-refractivity contribution is 4.93. The van der Waals surface area contributed by atoms with Gasteiger partial charge < -0.3 is 0 Å². The summed E-state index contributed by atoms with van der Waals surface area (Å²) in [5.74, 6) is 4.44. The Bertz CT molecular complexity index is 241. The molecule has 0 amide bonds. The number of hydrogen-bond acceptors (Lipinski definition) is 0. The summed E-state index contributed by atoms with van der Waals surface area (Å²) in [5.41, 5.74) is 0.662. The molecule has 3 saturated carbocycles. The van der Waals surface area contributed by atoms with Crippen LogP contribution in [0, 0.1) is 29.1 Å². The Balaban J connectivity index is 1.57. The smallest absolute Gasteiger partial charge is 0.0323 e. The fourth-order valence-electron chi connectivity index (χ4n) is 3.84. The van der Waals surface area contributed by atoms with Crippen molar-refractivity contribution in [3.63, 3.8) is 0 Å². The van der Waals surface area contributed by atoms with Crippen LogP contribution < -0.4 is 0 Å². The molecular formula is C16H28. The van der Waals surface area contributed by atoms with Crippen LogP contribution in [-0.4, -0.2) is 0 Å². The molecule has 3 aliphatic rings. The van der Waals surface area contributed by atoms with Gasteiger partial charge in [0.2, 0.25) is 0 Å². The standard InChI is InChI=1S/C16H28/c1-16(2,15-8-9-15)11-14(10-12-6-7-12)13-4-3-5-13/h12-15H,3-11H2,1-2H3. The van der Waals surface area contributed by atoms with Gasteiger partial charge in [-0.3, -0.25) is 0 Å². The summed E-state index contributed by atoms with van der Waals surface area (Å²) in [6.07, 6.45) is 13.9. The molecule has 0 radical (unpaired) electrons. The molecule has 0 spiro atoms. The lowest BCUT2D eigenvalue weighted by molar-refractivity contribution is 0.118. The first-order valence-electron chi connectivity index (χ1n) is 7.65. The second-order valence-corrected chi connectivity index (χ2v) is 7.60. The first-order chi connectivity index (χ1) is 7.65. The van der Waals surface area contributed by atoms with Gasteiger partial charge >= 0.3 is 0 Å². The number of rotatable bonds is 6. The first-order valence-corrected chi connectivity index (χ1v) is 7.65. The van der Waals surface area contributed by atoms with Gasteiger partial charge in [-0.05, 0) is 54.8 Å². The molecule has 3 aliphatic carbocycles. The lowest BCUT2D eigenvalue weighted by atomic mass is 9.67. The molecule has 92 valence electrons. The van der Waals surface area contributed by atoms with Gasteiger partial charge in [-0.1, -0.05) is 46.0 Å². The van der Waals surface area contributed by atoms with E-state index in [0.717, 1.165) is 23.7 Å². The molecule has 3 rings (SSSR count). The Morgan fingerprint density at radius 1 is 1.00 bits per heavy atom. The zero-order valence-corrected chi connectivity index (χ0v) is 11.2. The van der Waals surface area contributed by atoms with Gasteiger partial charge in [0.25, 0.3) is 0 Å². The molecule has 1 unspecified atom stereocenters. The molecule has 0 nitrogen and oxygen atoms in total. The fourth-order valence-corrected chi connectivity index (χ4v) is 3.84. The molecule has 0 heterocycles. The third-order valence-corrected chi connectivity index (χ3v) is 5.62. The lowest BCUT2D eigenvalue weighted by Crippen LogP contribution is -2.28. The minimum Gasteiger partial charge on any atom is -0.0596 e. The summed E-state index contributed by atoms with van der Waals surface area (Å²) in [6, 6.07) is 0. The van der Waals surface area contributed by atoms with Crippen molar-refractivity contribution in [2.45, 2.75) is 71.6 Å². The van der Waals surface area contributed by atoms with Crippen LogP contribution in [0.25, 0.3) is 0 Å². The molecule has 0 aliphatic heterocycles. The fraction of sp³-hybridized carbons (Fsp3) is 1.00. The molecule has 0 saturated heterocycles. The summed E-state index contributed by atoms with van der Waals surface area (Å²) in [7, 11) is 0. The summed E-state index contributed by atoms with van der Waals surface area (Å²) in [5, 5.41) is 0. The van der Waals surface area contributed by atoms with E-state index in [1.54, 1.807) is 38.5 Å². The van der Waals surface area contributed by atoms with Crippen molar-refractivity contribution in [1.82, 2.24) is 0 Å². The molecule has 0 aromatic heterocycles. The second kappa shape index (κ2) is 4.03. The molecule has 0 aromatic carbocycles. The SMILES string of the molecule is CC(C)(CC(CC1CC1)C1CCC1)C1CC1. The van der Waals surface area contributed by atoms with E-state index in [9.17, 15) is 0 Å². The van der Waals surface area contributed by atoms with Crippen LogP contribution in [0.5, 0.6) is 0 Å². The van der Waals surface area contributed by atoms with E-state index in [2.05, 4.69) is 13.8 Å². The molecule has 0 N–H and O–H groups in total. The maximum Gasteiger partial charge on any atom is -0.0323 e. The minimum atomic E-state index is 0.662. The minimum absolute atomic E-state index is 0.662. The van der Waals surface area contributed by atoms with Crippen LogP contribution in [0.15, 0.2) is 0 Å². The van der Waals surface area contributed by atoms with Gasteiger partial charge in [0.1, 0.15) is 0 Å². The Kier molecular flexibility index (Phi) is 2.80. The topological polar surface area (TPSA) is 0 Å². The molecule has 0 heteroatoms. The van der Waals surface area contributed by atoms with E-state index >= 15 is 0 Å². The highest BCUT2D eigenvalue weighted by Gasteiger charge is 2.42. The van der Waals surface area contributed by atoms with Crippen LogP contribution in [0.1, 0.15) is 71.6 Å². The van der Waals surface area contributed by atoms with Gasteiger partial charge in [-0.15, -0.1) is 0 Å². The van der Waals surface area contributed by atoms with Crippen molar-refractivity contribution >= 4 is 0 Å². The van der Waals surface area contributed by atoms with Crippen LogP contribution in [-0.2, 0) is 0 Å². The van der Waals surface area contributed by atoms with Crippen molar-refractivity contribution in [2.24, 2.45) is 29.1 Å². The zero-order chi connectivity index (χ0) is 11.2. The monoisotopic (exact) mass is 220 g/mol. The molecule has 16 heavy (non-hydrogen) atoms. The predicted octanol–water partition coefficient (Wildman–Crippen LogP) is 5.03. The van der Waals surface area contributed by atoms with E-state index in [4.69, 9.17) is 0 Å². The van der Waals surface area contributed by atoms with Gasteiger partial charge in [0.05, 0.1) is 0 Å². The van der Waals surface area contributed by atoms with E-state index in [0.29, 0.717) is 5.41 Å². The van der Waals surface area contributed by atoms with E-state index in [1.165, 1.54) is 19.3 Å². The first kappa shape index (κ1) is 11.1. The lowest BCUT2D eigenvalue weighted by Gasteiger charge is -2.39. The maximum absolute atomic E-state index is 2.54. The van der Waals surface area contributed by atoms with Crippen molar-refractivity contribution in [3.05, 3.63) is 0 Å². The maximum atomic E-state index is 2.54. The average Bonchev–Trinajstić information content (AvgIpc) is 2.96. The van der Waals surface area contributed by atoms with E-state index in [1.807, 2.05) is 0 Å². The van der Waals surface area contributed by atoms with Gasteiger partial charge in [-0.25, -0.2) is 0 Å². The Morgan fingerprint density at radius 2 is 1.69 bits per heavy atom. The third-order valence-electron chi connectivity index (χ3n) is 5.62. The normalized spacial score (nSPS) is 28.9. The molecular weight excluding hydrogens is 192 g/mol. The van der Waals surface area contributed by atoms with Crippen molar-refractivity contribution in [2.75, 3.05) is 0 Å². The molecule has 0 aromatic rings. The third kappa shape index (κ3) is 2.46. The van der Waals surface area contributed by atoms with Gasteiger partial charge in [0.15, 0.2) is 0 Å². The van der Waals surface area contributed by atoms with Crippen molar-refractivity contribution < 1.29 is 0 Å². The van der Waals surface area contributed by atoms with Crippen LogP contribution in [0.2, 0.25) is 0 Å². The molecule has 3 fully saturated rings. The summed E-state index contributed by atoms with van der Waals surface area (Å²) >= 11 is 0. The van der Waals surface area contributed by atoms with E-state index in [-0.39, 0.29) is 0 Å². The molecule has 0 bridgehead atoms. The predicted molar refractivity (Wildman–Crippen MR) is 69.3 cm³/mol. The summed E-state index contributed by atoms with van der Waals surface area (Å²) < 4.78 is 0. The second-order valence-electron chi connectivity index (χ2n) is 7.60. The average molecular weight is 220 g/mol. The van der Waals surface area contributed by atoms with Crippen LogP contribution in [0.3, 0.4) is 0 Å². The highest BCUT2D eigenvalue weighted by Crippen LogP contribution is 2.53. The van der Waals surface area contributed by atoms with Gasteiger partial charge in [-0.2, -0.15) is 0 Å². The quantitative estimate of drug-likeness (QED) is 0.589. The number of hydrogen-bond donors (Lipinski definition) is 0. The van der Waals surface area contributed by atoms with Crippen LogP contribution in [0.4, 0.5) is 0 Å². The van der Waals surface area contributed by atoms with E-state index < -0.39 is 0 Å². The Hall–Kier alpha value is 0.